The Morgan fingerprint density at radius 2 is 1.61 bits per heavy atom. The van der Waals surface area contributed by atoms with Crippen molar-refractivity contribution in [3.8, 4) is 11.4 Å². The van der Waals surface area contributed by atoms with Crippen molar-refractivity contribution in [2.75, 3.05) is 17.2 Å². The number of rotatable bonds is 4. The normalized spacial score (nSPS) is 13.2. The van der Waals surface area contributed by atoms with Gasteiger partial charge in [-0.25, -0.2) is 4.90 Å². The molecule has 0 radical (unpaired) electrons. The number of fused-ring (bicyclic) bond motifs is 1. The number of imide groups is 1. The first-order valence-electron chi connectivity index (χ1n) is 8.54. The molecular weight excluding hydrogens is 398 g/mol. The molecule has 1 aromatic heterocycles. The molecule has 2 N–H and O–H groups in total. The molecule has 0 spiro atoms. The van der Waals surface area contributed by atoms with Crippen LogP contribution in [-0.4, -0.2) is 23.0 Å². The van der Waals surface area contributed by atoms with Crippen LogP contribution in [0.3, 0.4) is 0 Å². The first kappa shape index (κ1) is 18.5. The van der Waals surface area contributed by atoms with E-state index in [0.29, 0.717) is 33.8 Å². The van der Waals surface area contributed by atoms with Crippen LogP contribution in [0.1, 0.15) is 27.8 Å². The maximum atomic E-state index is 13.2. The number of aromatic nitrogens is 1. The largest absolute Gasteiger partial charge is 0.494 e. The molecule has 28 heavy (non-hydrogen) atoms. The second kappa shape index (κ2) is 6.92. The maximum absolute atomic E-state index is 13.2. The van der Waals surface area contributed by atoms with Gasteiger partial charge in [-0.15, -0.1) is 12.6 Å². The summed E-state index contributed by atoms with van der Waals surface area (Å²) in [6.07, 6.45) is 0. The molecule has 0 atom stereocenters. The minimum absolute atomic E-state index is 0.152. The quantitative estimate of drug-likeness (QED) is 0.496. The predicted molar refractivity (Wildman–Crippen MR) is 111 cm³/mol. The van der Waals surface area contributed by atoms with Gasteiger partial charge in [0.05, 0.1) is 23.5 Å². The van der Waals surface area contributed by atoms with E-state index < -0.39 is 11.8 Å². The summed E-state index contributed by atoms with van der Waals surface area (Å²) in [5, 5.41) is 0.850. The van der Waals surface area contributed by atoms with Gasteiger partial charge in [0.25, 0.3) is 11.8 Å². The molecule has 4 rings (SSSR count). The van der Waals surface area contributed by atoms with Crippen LogP contribution >= 0.6 is 24.2 Å². The molecular formula is C20H16ClN3O3S. The Balaban J connectivity index is 1.83. The van der Waals surface area contributed by atoms with E-state index in [9.17, 15) is 9.59 Å². The minimum Gasteiger partial charge on any atom is -0.494 e. The Labute approximate surface area is 171 Å². The van der Waals surface area contributed by atoms with Gasteiger partial charge in [0.2, 0.25) is 0 Å². The summed E-state index contributed by atoms with van der Waals surface area (Å²) in [5.74, 6) is -0.253. The lowest BCUT2D eigenvalue weighted by atomic mass is 10.2. The average Bonchev–Trinajstić information content (AvgIpc) is 3.09. The van der Waals surface area contributed by atoms with E-state index in [0.717, 1.165) is 4.90 Å². The van der Waals surface area contributed by atoms with Gasteiger partial charge < -0.3 is 10.5 Å². The van der Waals surface area contributed by atoms with Crippen molar-refractivity contribution in [3.05, 3.63) is 64.8 Å². The second-order valence-electron chi connectivity index (χ2n) is 6.15. The number of carbonyl (C=O) groups excluding carboxylic acids is 2. The third kappa shape index (κ3) is 2.75. The lowest BCUT2D eigenvalue weighted by Gasteiger charge is -2.16. The molecule has 6 nitrogen and oxygen atoms in total. The number of halogens is 1. The maximum Gasteiger partial charge on any atom is 0.283 e. The van der Waals surface area contributed by atoms with Crippen LogP contribution in [0.2, 0.25) is 5.02 Å². The van der Waals surface area contributed by atoms with E-state index in [-0.39, 0.29) is 16.9 Å². The van der Waals surface area contributed by atoms with Gasteiger partial charge in [-0.1, -0.05) is 11.6 Å². The molecule has 142 valence electrons. The van der Waals surface area contributed by atoms with E-state index in [1.807, 2.05) is 6.92 Å². The van der Waals surface area contributed by atoms with Crippen LogP contribution in [0.25, 0.3) is 5.69 Å². The van der Waals surface area contributed by atoms with Crippen molar-refractivity contribution in [1.82, 2.24) is 4.57 Å². The van der Waals surface area contributed by atoms with Crippen LogP contribution in [0.15, 0.2) is 53.6 Å². The molecule has 0 saturated heterocycles. The Morgan fingerprint density at radius 3 is 2.21 bits per heavy atom. The molecule has 2 amide bonds. The number of anilines is 2. The molecule has 0 unspecified atom stereocenters. The van der Waals surface area contributed by atoms with Crippen LogP contribution in [0.5, 0.6) is 5.75 Å². The summed E-state index contributed by atoms with van der Waals surface area (Å²) < 4.78 is 7.04. The number of carbonyl (C=O) groups is 2. The molecule has 0 aliphatic carbocycles. The highest BCUT2D eigenvalue weighted by Gasteiger charge is 2.43. The first-order chi connectivity index (χ1) is 13.4. The summed E-state index contributed by atoms with van der Waals surface area (Å²) in [7, 11) is 0. The van der Waals surface area contributed by atoms with Crippen molar-refractivity contribution < 1.29 is 14.3 Å². The Hall–Kier alpha value is -2.90. The monoisotopic (exact) mass is 413 g/mol. The molecule has 0 fully saturated rings. The van der Waals surface area contributed by atoms with Crippen molar-refractivity contribution in [2.24, 2.45) is 0 Å². The number of thiol groups is 1. The number of nitrogens with two attached hydrogens (primary N) is 1. The summed E-state index contributed by atoms with van der Waals surface area (Å²) in [6, 6.07) is 13.6. The lowest BCUT2D eigenvalue weighted by Crippen LogP contribution is -2.30. The van der Waals surface area contributed by atoms with Crippen molar-refractivity contribution >= 4 is 47.4 Å². The highest BCUT2D eigenvalue weighted by Crippen LogP contribution is 2.39. The molecule has 1 aliphatic heterocycles. The molecule has 0 saturated carbocycles. The standard InChI is InChI=1S/C20H16ClN3O3S/c1-2-27-14-9-7-12(8-10-14)23-17-15(16(22)20(23)28)18(25)24(19(17)26)13-5-3-11(21)4-6-13/h3-10,28H,2,22H2,1H3. The number of hydrogen-bond donors (Lipinski definition) is 2. The molecule has 2 heterocycles. The van der Waals surface area contributed by atoms with Crippen molar-refractivity contribution in [2.45, 2.75) is 11.9 Å². The number of nitrogens with zero attached hydrogens (tertiary/aromatic N) is 2. The third-order valence-electron chi connectivity index (χ3n) is 4.50. The fourth-order valence-electron chi connectivity index (χ4n) is 3.24. The number of amides is 2. The van der Waals surface area contributed by atoms with Crippen LogP contribution < -0.4 is 15.4 Å². The molecule has 8 heteroatoms. The van der Waals surface area contributed by atoms with Gasteiger partial charge in [0.15, 0.2) is 0 Å². The van der Waals surface area contributed by atoms with E-state index >= 15 is 0 Å². The van der Waals surface area contributed by atoms with Gasteiger partial charge >= 0.3 is 0 Å². The third-order valence-corrected chi connectivity index (χ3v) is 5.19. The Morgan fingerprint density at radius 1 is 1.00 bits per heavy atom. The number of hydrogen-bond acceptors (Lipinski definition) is 5. The van der Waals surface area contributed by atoms with E-state index in [1.54, 1.807) is 53.1 Å². The van der Waals surface area contributed by atoms with Gasteiger partial charge in [0, 0.05) is 10.7 Å². The van der Waals surface area contributed by atoms with Gasteiger partial charge in [-0.2, -0.15) is 0 Å². The summed E-state index contributed by atoms with van der Waals surface area (Å²) >= 11 is 10.4. The SMILES string of the molecule is CCOc1ccc(-n2c(S)c(N)c3c2C(=O)N(c2ccc(Cl)cc2)C3=O)cc1. The predicted octanol–water partition coefficient (Wildman–Crippen LogP) is 4.20. The van der Waals surface area contributed by atoms with Crippen molar-refractivity contribution in [3.63, 3.8) is 0 Å². The fourth-order valence-corrected chi connectivity index (χ4v) is 3.69. The zero-order valence-electron chi connectivity index (χ0n) is 14.8. The van der Waals surface area contributed by atoms with E-state index in [4.69, 9.17) is 22.1 Å². The number of ether oxygens (including phenoxy) is 1. The van der Waals surface area contributed by atoms with Gasteiger partial charge in [-0.3, -0.25) is 14.2 Å². The summed E-state index contributed by atoms with van der Waals surface area (Å²) in [6.45, 7) is 2.45. The van der Waals surface area contributed by atoms with Crippen LogP contribution in [0, 0.1) is 0 Å². The summed E-state index contributed by atoms with van der Waals surface area (Å²) in [5.41, 5.74) is 7.73. The molecule has 2 aromatic carbocycles. The Kier molecular flexibility index (Phi) is 4.56. The highest BCUT2D eigenvalue weighted by atomic mass is 35.5. The molecule has 3 aromatic rings. The lowest BCUT2D eigenvalue weighted by molar-refractivity contribution is 0.0923. The van der Waals surface area contributed by atoms with Crippen LogP contribution in [0.4, 0.5) is 11.4 Å². The van der Waals surface area contributed by atoms with E-state index in [1.165, 1.54) is 0 Å². The fraction of sp³-hybridized carbons (Fsp3) is 0.100. The summed E-state index contributed by atoms with van der Waals surface area (Å²) in [4.78, 5) is 27.2. The Bertz CT molecular complexity index is 1090. The second-order valence-corrected chi connectivity index (χ2v) is 7.01. The highest BCUT2D eigenvalue weighted by molar-refractivity contribution is 7.80. The first-order valence-corrected chi connectivity index (χ1v) is 9.37. The zero-order valence-corrected chi connectivity index (χ0v) is 16.5. The zero-order chi connectivity index (χ0) is 20.0. The molecule has 1 aliphatic rings. The van der Waals surface area contributed by atoms with Gasteiger partial charge in [-0.05, 0) is 55.5 Å². The average molecular weight is 414 g/mol. The van der Waals surface area contributed by atoms with Gasteiger partial charge in [0.1, 0.15) is 16.5 Å². The van der Waals surface area contributed by atoms with Crippen LogP contribution in [-0.2, 0) is 0 Å². The minimum atomic E-state index is -0.486. The topological polar surface area (TPSA) is 77.6 Å². The smallest absolute Gasteiger partial charge is 0.283 e. The van der Waals surface area contributed by atoms with Crippen molar-refractivity contribution in [1.29, 1.82) is 0 Å². The number of nitrogen functional groups attached to an aromatic ring is 1. The number of benzene rings is 2. The van der Waals surface area contributed by atoms with E-state index in [2.05, 4.69) is 12.6 Å². The molecule has 0 bridgehead atoms.